The first-order chi connectivity index (χ1) is 21.9. The average Bonchev–Trinajstić information content (AvgIpc) is 3.59. The molecule has 45 heavy (non-hydrogen) atoms. The molecule has 9 nitrogen and oxygen atoms in total. The van der Waals surface area contributed by atoms with Crippen molar-refractivity contribution < 1.29 is 33.6 Å². The van der Waals surface area contributed by atoms with Crippen LogP contribution < -0.4 is 23.8 Å². The Hall–Kier alpha value is -4.57. The number of ketones is 1. The number of rotatable bonds is 14. The second kappa shape index (κ2) is 14.5. The topological polar surface area (TPSA) is 107 Å². The lowest BCUT2D eigenvalue weighted by atomic mass is 9.95. The Balaban J connectivity index is 1.63. The number of thiazole rings is 1. The van der Waals surface area contributed by atoms with E-state index in [1.54, 1.807) is 61.7 Å². The fraction of sp³-hybridized carbons (Fsp3) is 0.343. The van der Waals surface area contributed by atoms with Crippen molar-refractivity contribution in [1.29, 1.82) is 0 Å². The number of Topliss-reactive ketones (excluding diaryl/α,β-unsaturated/α-hetero) is 1. The molecule has 0 radical (unpaired) electrons. The first kappa shape index (κ1) is 31.8. The molecule has 0 spiro atoms. The van der Waals surface area contributed by atoms with Crippen LogP contribution in [0.15, 0.2) is 66.2 Å². The minimum Gasteiger partial charge on any atom is -0.507 e. The number of anilines is 1. The molecule has 10 heteroatoms. The Morgan fingerprint density at radius 3 is 2.36 bits per heavy atom. The van der Waals surface area contributed by atoms with Crippen LogP contribution in [0.1, 0.15) is 63.6 Å². The van der Waals surface area contributed by atoms with Gasteiger partial charge in [0.05, 0.1) is 48.8 Å². The van der Waals surface area contributed by atoms with E-state index >= 15 is 0 Å². The quantitative estimate of drug-likeness (QED) is 0.0654. The number of aromatic nitrogens is 1. The molecule has 0 bridgehead atoms. The molecule has 4 aromatic rings. The van der Waals surface area contributed by atoms with E-state index in [4.69, 9.17) is 23.9 Å². The van der Waals surface area contributed by atoms with E-state index in [0.717, 1.165) is 30.4 Å². The maximum absolute atomic E-state index is 13.8. The SMILES string of the molecule is CCCCCOc1ccc(C2/C(=C(\O)c3ccc(OCCC)cc3)C(=O)C(=O)N2c2nc3ccc(OC)cc3s2)cc1OCC. The molecule has 0 aliphatic carbocycles. The van der Waals surface area contributed by atoms with Crippen LogP contribution >= 0.6 is 11.3 Å². The van der Waals surface area contributed by atoms with Gasteiger partial charge in [0.2, 0.25) is 0 Å². The third-order valence-corrected chi connectivity index (χ3v) is 8.44. The number of hydrogen-bond acceptors (Lipinski definition) is 9. The lowest BCUT2D eigenvalue weighted by molar-refractivity contribution is -0.132. The van der Waals surface area contributed by atoms with E-state index in [9.17, 15) is 14.7 Å². The normalized spacial score (nSPS) is 15.9. The molecule has 236 valence electrons. The van der Waals surface area contributed by atoms with Crippen molar-refractivity contribution in [3.63, 3.8) is 0 Å². The van der Waals surface area contributed by atoms with Crippen LogP contribution in [-0.2, 0) is 9.59 Å². The number of carbonyl (C=O) groups excluding carboxylic acids is 2. The number of nitrogens with zero attached hydrogens (tertiary/aromatic N) is 2. The number of benzene rings is 3. The van der Waals surface area contributed by atoms with Gasteiger partial charge in [0.15, 0.2) is 16.6 Å². The van der Waals surface area contributed by atoms with Gasteiger partial charge in [-0.2, -0.15) is 0 Å². The third kappa shape index (κ3) is 6.76. The third-order valence-electron chi connectivity index (χ3n) is 7.42. The highest BCUT2D eigenvalue weighted by atomic mass is 32.1. The summed E-state index contributed by atoms with van der Waals surface area (Å²) in [5.74, 6) is 0.479. The largest absolute Gasteiger partial charge is 0.507 e. The summed E-state index contributed by atoms with van der Waals surface area (Å²) >= 11 is 1.27. The predicted molar refractivity (Wildman–Crippen MR) is 176 cm³/mol. The van der Waals surface area contributed by atoms with Gasteiger partial charge in [0.1, 0.15) is 17.3 Å². The maximum atomic E-state index is 13.8. The number of unbranched alkanes of at least 4 members (excludes halogenated alkanes) is 2. The zero-order chi connectivity index (χ0) is 31.9. The van der Waals surface area contributed by atoms with Crippen molar-refractivity contribution in [3.8, 4) is 23.0 Å². The fourth-order valence-electron chi connectivity index (χ4n) is 5.17. The molecule has 2 heterocycles. The van der Waals surface area contributed by atoms with Crippen molar-refractivity contribution in [3.05, 3.63) is 77.4 Å². The molecule has 1 fully saturated rings. The molecule has 1 atom stereocenters. The maximum Gasteiger partial charge on any atom is 0.301 e. The fourth-order valence-corrected chi connectivity index (χ4v) is 6.19. The van der Waals surface area contributed by atoms with Crippen LogP contribution in [-0.4, -0.2) is 48.7 Å². The van der Waals surface area contributed by atoms with E-state index in [2.05, 4.69) is 6.92 Å². The Kier molecular flexibility index (Phi) is 10.2. The van der Waals surface area contributed by atoms with E-state index < -0.39 is 17.7 Å². The van der Waals surface area contributed by atoms with Crippen LogP contribution in [0.4, 0.5) is 5.13 Å². The summed E-state index contributed by atoms with van der Waals surface area (Å²) in [4.78, 5) is 33.6. The van der Waals surface area contributed by atoms with Gasteiger partial charge in [-0.1, -0.05) is 44.1 Å². The molecule has 1 saturated heterocycles. The number of aliphatic hydroxyl groups excluding tert-OH is 1. The summed E-state index contributed by atoms with van der Waals surface area (Å²) in [6.45, 7) is 7.52. The summed E-state index contributed by atoms with van der Waals surface area (Å²) < 4.78 is 23.8. The smallest absolute Gasteiger partial charge is 0.301 e. The Bertz CT molecular complexity index is 1700. The molecular formula is C35H38N2O7S. The monoisotopic (exact) mass is 630 g/mol. The van der Waals surface area contributed by atoms with Gasteiger partial charge < -0.3 is 24.1 Å². The number of aliphatic hydroxyl groups is 1. The highest BCUT2D eigenvalue weighted by Gasteiger charge is 2.48. The minimum atomic E-state index is -0.975. The first-order valence-corrected chi connectivity index (χ1v) is 16.1. The van der Waals surface area contributed by atoms with Crippen molar-refractivity contribution in [2.24, 2.45) is 0 Å². The van der Waals surface area contributed by atoms with Crippen LogP contribution in [0.25, 0.3) is 16.0 Å². The van der Waals surface area contributed by atoms with Crippen molar-refractivity contribution >= 4 is 44.1 Å². The molecular weight excluding hydrogens is 592 g/mol. The summed E-state index contributed by atoms with van der Waals surface area (Å²) in [6, 6.07) is 16.6. The van der Waals surface area contributed by atoms with Crippen molar-refractivity contribution in [2.75, 3.05) is 31.8 Å². The Morgan fingerprint density at radius 2 is 1.64 bits per heavy atom. The zero-order valence-corrected chi connectivity index (χ0v) is 26.8. The number of ether oxygens (including phenoxy) is 4. The summed E-state index contributed by atoms with van der Waals surface area (Å²) in [6.07, 6.45) is 3.90. The first-order valence-electron chi connectivity index (χ1n) is 15.3. The number of carbonyl (C=O) groups is 2. The van der Waals surface area contributed by atoms with Crippen LogP contribution in [0.3, 0.4) is 0 Å². The molecule has 1 N–H and O–H groups in total. The van der Waals surface area contributed by atoms with Gasteiger partial charge in [0.25, 0.3) is 5.78 Å². The lowest BCUT2D eigenvalue weighted by Crippen LogP contribution is -2.29. The van der Waals surface area contributed by atoms with Crippen molar-refractivity contribution in [2.45, 2.75) is 52.5 Å². The highest BCUT2D eigenvalue weighted by molar-refractivity contribution is 7.22. The second-order valence-electron chi connectivity index (χ2n) is 10.6. The molecule has 1 amide bonds. The van der Waals surface area contributed by atoms with Crippen LogP contribution in [0.5, 0.6) is 23.0 Å². The second-order valence-corrected chi connectivity index (χ2v) is 11.6. The standard InChI is InChI=1S/C35H38N2O7S/c1-5-8-9-19-44-27-17-12-23(20-28(27)42-7-3)31-30(32(38)22-10-13-24(14-11-22)43-18-6-2)33(39)34(40)37(31)35-36-26-16-15-25(41-4)21-29(26)45-35/h10-17,20-21,31,38H,5-9,18-19H2,1-4H3/b32-30+. The zero-order valence-electron chi connectivity index (χ0n) is 26.0. The molecule has 1 unspecified atom stereocenters. The average molecular weight is 631 g/mol. The van der Waals surface area contributed by atoms with Crippen LogP contribution in [0, 0.1) is 0 Å². The van der Waals surface area contributed by atoms with Crippen molar-refractivity contribution in [1.82, 2.24) is 4.98 Å². The highest BCUT2D eigenvalue weighted by Crippen LogP contribution is 2.46. The summed E-state index contributed by atoms with van der Waals surface area (Å²) in [5.41, 5.74) is 1.57. The van der Waals surface area contributed by atoms with E-state index in [1.807, 2.05) is 19.9 Å². The lowest BCUT2D eigenvalue weighted by Gasteiger charge is -2.24. The van der Waals surface area contributed by atoms with Gasteiger partial charge in [-0.05, 0) is 79.9 Å². The van der Waals surface area contributed by atoms with Gasteiger partial charge in [-0.15, -0.1) is 0 Å². The van der Waals surface area contributed by atoms with Gasteiger partial charge in [-0.3, -0.25) is 14.5 Å². The Morgan fingerprint density at radius 1 is 0.867 bits per heavy atom. The number of hydrogen-bond donors (Lipinski definition) is 1. The van der Waals surface area contributed by atoms with Gasteiger partial charge in [-0.25, -0.2) is 4.98 Å². The molecule has 1 aliphatic rings. The molecule has 1 aliphatic heterocycles. The number of methoxy groups -OCH3 is 1. The molecule has 1 aromatic heterocycles. The van der Waals surface area contributed by atoms with E-state index in [0.29, 0.717) is 64.6 Å². The number of amides is 1. The van der Waals surface area contributed by atoms with E-state index in [-0.39, 0.29) is 11.3 Å². The summed E-state index contributed by atoms with van der Waals surface area (Å²) in [7, 11) is 1.58. The van der Waals surface area contributed by atoms with Gasteiger partial charge >= 0.3 is 5.91 Å². The van der Waals surface area contributed by atoms with E-state index in [1.165, 1.54) is 16.2 Å². The van der Waals surface area contributed by atoms with Crippen LogP contribution in [0.2, 0.25) is 0 Å². The van der Waals surface area contributed by atoms with Gasteiger partial charge in [0, 0.05) is 5.56 Å². The number of fused-ring (bicyclic) bond motifs is 1. The molecule has 3 aromatic carbocycles. The molecule has 5 rings (SSSR count). The minimum absolute atomic E-state index is 0.0434. The predicted octanol–water partition coefficient (Wildman–Crippen LogP) is 7.69. The molecule has 0 saturated carbocycles. The summed E-state index contributed by atoms with van der Waals surface area (Å²) in [5, 5.41) is 11.9. The Labute approximate surface area is 267 Å².